The van der Waals surface area contributed by atoms with Crippen molar-refractivity contribution < 1.29 is 4.74 Å². The van der Waals surface area contributed by atoms with Crippen LogP contribution in [0.4, 0.5) is 5.69 Å². The molecular formula is C16H26N2O. The van der Waals surface area contributed by atoms with Crippen molar-refractivity contribution in [3.05, 3.63) is 29.3 Å². The van der Waals surface area contributed by atoms with Gasteiger partial charge >= 0.3 is 0 Å². The zero-order chi connectivity index (χ0) is 13.9. The van der Waals surface area contributed by atoms with Crippen LogP contribution in [0.5, 0.6) is 0 Å². The molecular weight excluding hydrogens is 236 g/mol. The molecule has 0 spiro atoms. The highest BCUT2D eigenvalue weighted by Gasteiger charge is 2.16. The maximum absolute atomic E-state index is 5.71. The second kappa shape index (κ2) is 5.93. The summed E-state index contributed by atoms with van der Waals surface area (Å²) in [6.07, 6.45) is 0.270. The maximum atomic E-state index is 5.71. The third-order valence-corrected chi connectivity index (χ3v) is 3.63. The Labute approximate surface area is 116 Å². The summed E-state index contributed by atoms with van der Waals surface area (Å²) < 4.78 is 5.71. The van der Waals surface area contributed by atoms with Crippen LogP contribution in [0.25, 0.3) is 0 Å². The summed E-state index contributed by atoms with van der Waals surface area (Å²) in [6.45, 7) is 12.5. The first-order valence-electron chi connectivity index (χ1n) is 7.14. The third-order valence-electron chi connectivity index (χ3n) is 3.63. The van der Waals surface area contributed by atoms with E-state index in [2.05, 4.69) is 56.5 Å². The summed E-state index contributed by atoms with van der Waals surface area (Å²) in [5.41, 5.74) is 4.06. The van der Waals surface area contributed by atoms with Crippen molar-refractivity contribution in [1.82, 2.24) is 5.32 Å². The molecule has 3 heteroatoms. The lowest BCUT2D eigenvalue weighted by Gasteiger charge is -2.25. The fraction of sp³-hybridized carbons (Fsp3) is 0.625. The number of ether oxygens (including phenoxy) is 1. The Balaban J connectivity index is 2.02. The van der Waals surface area contributed by atoms with E-state index in [1.54, 1.807) is 0 Å². The minimum Gasteiger partial charge on any atom is -0.382 e. The predicted molar refractivity (Wildman–Crippen MR) is 81.0 cm³/mol. The van der Waals surface area contributed by atoms with Gasteiger partial charge in [0.05, 0.1) is 12.7 Å². The predicted octanol–water partition coefficient (Wildman–Crippen LogP) is 2.69. The molecule has 1 atom stereocenters. The lowest BCUT2D eigenvalue weighted by molar-refractivity contribution is 0.0372. The summed E-state index contributed by atoms with van der Waals surface area (Å²) in [5, 5.41) is 6.89. The van der Waals surface area contributed by atoms with E-state index in [0.29, 0.717) is 0 Å². The minimum absolute atomic E-state index is 0.188. The van der Waals surface area contributed by atoms with Crippen molar-refractivity contribution in [2.75, 3.05) is 31.6 Å². The molecule has 0 bridgehead atoms. The largest absolute Gasteiger partial charge is 0.382 e. The van der Waals surface area contributed by atoms with Gasteiger partial charge in [-0.3, -0.25) is 0 Å². The number of hydrogen-bond acceptors (Lipinski definition) is 3. The lowest BCUT2D eigenvalue weighted by Crippen LogP contribution is -2.42. The second-order valence-electron chi connectivity index (χ2n) is 6.36. The molecule has 1 aliphatic heterocycles. The van der Waals surface area contributed by atoms with Gasteiger partial charge in [-0.05, 0) is 29.5 Å². The molecule has 0 saturated carbocycles. The highest BCUT2D eigenvalue weighted by atomic mass is 16.5. The molecule has 1 saturated heterocycles. The molecule has 1 fully saturated rings. The van der Waals surface area contributed by atoms with Gasteiger partial charge in [-0.1, -0.05) is 32.9 Å². The van der Waals surface area contributed by atoms with Crippen LogP contribution in [0.15, 0.2) is 18.2 Å². The Bertz CT molecular complexity index is 417. The molecule has 3 nitrogen and oxygen atoms in total. The van der Waals surface area contributed by atoms with E-state index in [0.717, 1.165) is 26.2 Å². The van der Waals surface area contributed by atoms with Crippen LogP contribution in [0, 0.1) is 6.92 Å². The van der Waals surface area contributed by atoms with Gasteiger partial charge in [0, 0.05) is 25.3 Å². The van der Waals surface area contributed by atoms with Gasteiger partial charge in [-0.25, -0.2) is 0 Å². The van der Waals surface area contributed by atoms with Crippen LogP contribution in [-0.2, 0) is 10.2 Å². The van der Waals surface area contributed by atoms with Crippen LogP contribution in [0.1, 0.15) is 31.9 Å². The monoisotopic (exact) mass is 262 g/mol. The van der Waals surface area contributed by atoms with Crippen molar-refractivity contribution in [2.45, 2.75) is 39.2 Å². The molecule has 1 aromatic rings. The van der Waals surface area contributed by atoms with Crippen molar-refractivity contribution in [1.29, 1.82) is 0 Å². The molecule has 2 rings (SSSR count). The van der Waals surface area contributed by atoms with Gasteiger partial charge in [0.1, 0.15) is 0 Å². The molecule has 1 aliphatic rings. The number of anilines is 1. The lowest BCUT2D eigenvalue weighted by atomic mass is 9.86. The van der Waals surface area contributed by atoms with E-state index in [1.807, 2.05) is 0 Å². The molecule has 2 N–H and O–H groups in total. The van der Waals surface area contributed by atoms with Gasteiger partial charge in [0.2, 0.25) is 0 Å². The standard InChI is InChI=1S/C16H26N2O/c1-12-5-6-13(16(2,3)4)9-15(12)18-11-14-10-17-7-8-19-14/h5-6,9,14,17-18H,7-8,10-11H2,1-4H3. The van der Waals surface area contributed by atoms with E-state index in [9.17, 15) is 0 Å². The summed E-state index contributed by atoms with van der Waals surface area (Å²) >= 11 is 0. The van der Waals surface area contributed by atoms with E-state index in [4.69, 9.17) is 4.74 Å². The van der Waals surface area contributed by atoms with Crippen molar-refractivity contribution >= 4 is 5.69 Å². The average molecular weight is 262 g/mol. The van der Waals surface area contributed by atoms with Crippen LogP contribution < -0.4 is 10.6 Å². The molecule has 0 aromatic heterocycles. The molecule has 0 amide bonds. The SMILES string of the molecule is Cc1ccc(C(C)(C)C)cc1NCC1CNCCO1. The molecule has 19 heavy (non-hydrogen) atoms. The fourth-order valence-electron chi connectivity index (χ4n) is 2.25. The molecule has 0 radical (unpaired) electrons. The molecule has 1 heterocycles. The number of morpholine rings is 1. The zero-order valence-corrected chi connectivity index (χ0v) is 12.5. The smallest absolute Gasteiger partial charge is 0.0872 e. The number of benzene rings is 1. The van der Waals surface area contributed by atoms with Gasteiger partial charge in [-0.15, -0.1) is 0 Å². The van der Waals surface area contributed by atoms with Crippen molar-refractivity contribution in [3.63, 3.8) is 0 Å². The number of hydrogen-bond donors (Lipinski definition) is 2. The Hall–Kier alpha value is -1.06. The quantitative estimate of drug-likeness (QED) is 0.878. The van der Waals surface area contributed by atoms with Gasteiger partial charge < -0.3 is 15.4 Å². The molecule has 0 aliphatic carbocycles. The number of nitrogens with one attached hydrogen (secondary N) is 2. The van der Waals surface area contributed by atoms with Gasteiger partial charge in [0.15, 0.2) is 0 Å². The van der Waals surface area contributed by atoms with E-state index in [1.165, 1.54) is 16.8 Å². The highest BCUT2D eigenvalue weighted by molar-refractivity contribution is 5.53. The van der Waals surface area contributed by atoms with Crippen LogP contribution in [0.3, 0.4) is 0 Å². The third kappa shape index (κ3) is 3.95. The second-order valence-corrected chi connectivity index (χ2v) is 6.36. The Morgan fingerprint density at radius 3 is 2.79 bits per heavy atom. The van der Waals surface area contributed by atoms with Crippen molar-refractivity contribution in [3.8, 4) is 0 Å². The van der Waals surface area contributed by atoms with Gasteiger partial charge in [-0.2, -0.15) is 0 Å². The Kier molecular flexibility index (Phi) is 4.48. The first-order chi connectivity index (χ1) is 8.97. The topological polar surface area (TPSA) is 33.3 Å². The first-order valence-corrected chi connectivity index (χ1v) is 7.14. The molecule has 1 unspecified atom stereocenters. The number of aryl methyl sites for hydroxylation is 1. The normalized spacial score (nSPS) is 20.3. The summed E-state index contributed by atoms with van der Waals surface area (Å²) in [5.74, 6) is 0. The Morgan fingerprint density at radius 1 is 1.37 bits per heavy atom. The summed E-state index contributed by atoms with van der Waals surface area (Å²) in [4.78, 5) is 0. The van der Waals surface area contributed by atoms with E-state index in [-0.39, 0.29) is 11.5 Å². The Morgan fingerprint density at radius 2 is 2.16 bits per heavy atom. The number of rotatable bonds is 3. The van der Waals surface area contributed by atoms with E-state index >= 15 is 0 Å². The van der Waals surface area contributed by atoms with Gasteiger partial charge in [0.25, 0.3) is 0 Å². The van der Waals surface area contributed by atoms with Crippen molar-refractivity contribution in [2.24, 2.45) is 0 Å². The summed E-state index contributed by atoms with van der Waals surface area (Å²) in [7, 11) is 0. The molecule has 1 aromatic carbocycles. The highest BCUT2D eigenvalue weighted by Crippen LogP contribution is 2.26. The minimum atomic E-state index is 0.188. The summed E-state index contributed by atoms with van der Waals surface area (Å²) in [6, 6.07) is 6.69. The van der Waals surface area contributed by atoms with Crippen LogP contribution in [0.2, 0.25) is 0 Å². The first kappa shape index (κ1) is 14.4. The average Bonchev–Trinajstić information content (AvgIpc) is 2.37. The van der Waals surface area contributed by atoms with Crippen LogP contribution >= 0.6 is 0 Å². The fourth-order valence-corrected chi connectivity index (χ4v) is 2.25. The maximum Gasteiger partial charge on any atom is 0.0872 e. The zero-order valence-electron chi connectivity index (χ0n) is 12.5. The molecule has 106 valence electrons. The van der Waals surface area contributed by atoms with Crippen LogP contribution in [-0.4, -0.2) is 32.3 Å². The van der Waals surface area contributed by atoms with E-state index < -0.39 is 0 Å².